The van der Waals surface area contributed by atoms with E-state index in [0.29, 0.717) is 6.54 Å². The van der Waals surface area contributed by atoms with Crippen molar-refractivity contribution in [1.82, 2.24) is 9.88 Å². The average molecular weight is 330 g/mol. The minimum absolute atomic E-state index is 0.112. The molecule has 23 heavy (non-hydrogen) atoms. The molecule has 3 rings (SSSR count). The molecular formula is C17H22N4OS. The number of nitrogens with zero attached hydrogens (tertiary/aromatic N) is 3. The van der Waals surface area contributed by atoms with Crippen molar-refractivity contribution in [2.75, 3.05) is 30.4 Å². The molecule has 1 aromatic carbocycles. The number of thiazole rings is 1. The van der Waals surface area contributed by atoms with Crippen LogP contribution in [0.3, 0.4) is 0 Å². The van der Waals surface area contributed by atoms with Gasteiger partial charge < -0.3 is 15.1 Å². The molecule has 0 aliphatic carbocycles. The Bertz CT molecular complexity index is 712. The van der Waals surface area contributed by atoms with Crippen LogP contribution in [0.2, 0.25) is 0 Å². The number of urea groups is 1. The van der Waals surface area contributed by atoms with Gasteiger partial charge >= 0.3 is 6.03 Å². The number of hydrogen-bond acceptors (Lipinski definition) is 4. The number of rotatable bonds is 4. The van der Waals surface area contributed by atoms with Gasteiger partial charge in [0.1, 0.15) is 5.01 Å². The van der Waals surface area contributed by atoms with Crippen molar-refractivity contribution in [3.63, 3.8) is 0 Å². The Morgan fingerprint density at radius 2 is 2.30 bits per heavy atom. The third-order valence-electron chi connectivity index (χ3n) is 4.10. The van der Waals surface area contributed by atoms with Gasteiger partial charge in [0, 0.05) is 42.6 Å². The van der Waals surface area contributed by atoms with Crippen LogP contribution in [0.4, 0.5) is 16.2 Å². The van der Waals surface area contributed by atoms with Crippen LogP contribution in [-0.4, -0.2) is 36.1 Å². The summed E-state index contributed by atoms with van der Waals surface area (Å²) in [4.78, 5) is 20.7. The Labute approximate surface area is 140 Å². The number of fused-ring (bicyclic) bond motifs is 1. The highest BCUT2D eigenvalue weighted by Gasteiger charge is 2.18. The predicted octanol–water partition coefficient (Wildman–Crippen LogP) is 3.50. The minimum Gasteiger partial charge on any atom is -0.371 e. The molecule has 0 spiro atoms. The first-order valence-corrected chi connectivity index (χ1v) is 8.75. The van der Waals surface area contributed by atoms with E-state index in [0.717, 1.165) is 35.9 Å². The molecule has 0 saturated heterocycles. The van der Waals surface area contributed by atoms with E-state index in [1.807, 2.05) is 18.4 Å². The third-order valence-corrected chi connectivity index (χ3v) is 5.05. The normalized spacial score (nSPS) is 13.1. The molecule has 1 N–H and O–H groups in total. The summed E-state index contributed by atoms with van der Waals surface area (Å²) >= 11 is 1.58. The average Bonchev–Trinajstić information content (AvgIpc) is 3.12. The van der Waals surface area contributed by atoms with E-state index in [1.165, 1.54) is 11.3 Å². The summed E-state index contributed by atoms with van der Waals surface area (Å²) in [5.41, 5.74) is 4.44. The Morgan fingerprint density at radius 1 is 1.48 bits per heavy atom. The number of nitrogens with one attached hydrogen (secondary N) is 1. The van der Waals surface area contributed by atoms with E-state index in [-0.39, 0.29) is 6.03 Å². The molecule has 0 saturated carbocycles. The minimum atomic E-state index is -0.112. The number of benzene rings is 1. The molecule has 1 aromatic heterocycles. The van der Waals surface area contributed by atoms with Gasteiger partial charge in [-0.3, -0.25) is 0 Å². The van der Waals surface area contributed by atoms with Gasteiger partial charge in [-0.05, 0) is 38.0 Å². The summed E-state index contributed by atoms with van der Waals surface area (Å²) in [7, 11) is 1.79. The smallest absolute Gasteiger partial charge is 0.321 e. The molecule has 2 amide bonds. The van der Waals surface area contributed by atoms with Crippen LogP contribution in [-0.2, 0) is 13.0 Å². The standard InChI is InChI=1S/C17H22N4OS/c1-4-21-8-7-13-5-6-14(9-15(13)21)19-17(22)20(3)10-16-18-12(2)11-23-16/h5-6,9,11H,4,7-8,10H2,1-3H3,(H,19,22). The molecule has 1 aliphatic heterocycles. The van der Waals surface area contributed by atoms with Crippen LogP contribution in [0.5, 0.6) is 0 Å². The maximum absolute atomic E-state index is 12.4. The lowest BCUT2D eigenvalue weighted by Crippen LogP contribution is -2.30. The van der Waals surface area contributed by atoms with Crippen LogP contribution in [0, 0.1) is 6.92 Å². The van der Waals surface area contributed by atoms with Gasteiger partial charge in [-0.1, -0.05) is 6.07 Å². The Kier molecular flexibility index (Phi) is 4.52. The van der Waals surface area contributed by atoms with E-state index >= 15 is 0 Å². The van der Waals surface area contributed by atoms with Gasteiger partial charge in [0.25, 0.3) is 0 Å². The number of amides is 2. The number of carbonyl (C=O) groups is 1. The molecule has 0 radical (unpaired) electrons. The summed E-state index contributed by atoms with van der Waals surface area (Å²) < 4.78 is 0. The fourth-order valence-corrected chi connectivity index (χ4v) is 3.64. The van der Waals surface area contributed by atoms with Gasteiger partial charge in [-0.25, -0.2) is 9.78 Å². The van der Waals surface area contributed by atoms with Crippen molar-refractivity contribution in [1.29, 1.82) is 0 Å². The first kappa shape index (κ1) is 15.8. The van der Waals surface area contributed by atoms with Gasteiger partial charge in [0.2, 0.25) is 0 Å². The third kappa shape index (κ3) is 3.47. The molecular weight excluding hydrogens is 308 g/mol. The van der Waals surface area contributed by atoms with Gasteiger partial charge in [-0.15, -0.1) is 11.3 Å². The molecule has 1 aliphatic rings. The van der Waals surface area contributed by atoms with E-state index in [9.17, 15) is 4.79 Å². The highest BCUT2D eigenvalue weighted by atomic mass is 32.1. The second-order valence-electron chi connectivity index (χ2n) is 5.84. The zero-order chi connectivity index (χ0) is 16.4. The zero-order valence-corrected chi connectivity index (χ0v) is 14.6. The van der Waals surface area contributed by atoms with Crippen molar-refractivity contribution in [2.24, 2.45) is 0 Å². The summed E-state index contributed by atoms with van der Waals surface area (Å²) in [5, 5.41) is 5.93. The van der Waals surface area contributed by atoms with Crippen LogP contribution in [0.25, 0.3) is 0 Å². The molecule has 0 unspecified atom stereocenters. The van der Waals surface area contributed by atoms with Gasteiger partial charge in [0.15, 0.2) is 0 Å². The molecule has 0 fully saturated rings. The van der Waals surface area contributed by atoms with E-state index in [2.05, 4.69) is 34.3 Å². The van der Waals surface area contributed by atoms with Crippen molar-refractivity contribution >= 4 is 28.7 Å². The van der Waals surface area contributed by atoms with E-state index in [1.54, 1.807) is 23.3 Å². The van der Waals surface area contributed by atoms with Crippen molar-refractivity contribution in [3.8, 4) is 0 Å². The first-order valence-electron chi connectivity index (χ1n) is 7.88. The largest absolute Gasteiger partial charge is 0.371 e. The number of carbonyl (C=O) groups excluding carboxylic acids is 1. The highest BCUT2D eigenvalue weighted by Crippen LogP contribution is 2.30. The number of aromatic nitrogens is 1. The van der Waals surface area contributed by atoms with Crippen LogP contribution in [0.15, 0.2) is 23.6 Å². The molecule has 0 atom stereocenters. The van der Waals surface area contributed by atoms with E-state index in [4.69, 9.17) is 0 Å². The lowest BCUT2D eigenvalue weighted by molar-refractivity contribution is 0.220. The highest BCUT2D eigenvalue weighted by molar-refractivity contribution is 7.09. The molecule has 6 heteroatoms. The van der Waals surface area contributed by atoms with Crippen molar-refractivity contribution in [3.05, 3.63) is 39.8 Å². The van der Waals surface area contributed by atoms with Crippen molar-refractivity contribution < 1.29 is 4.79 Å². The molecule has 2 heterocycles. The molecule has 122 valence electrons. The lowest BCUT2D eigenvalue weighted by Gasteiger charge is -2.19. The summed E-state index contributed by atoms with van der Waals surface area (Å²) in [6.45, 7) is 6.70. The monoisotopic (exact) mass is 330 g/mol. The second-order valence-corrected chi connectivity index (χ2v) is 6.78. The number of aryl methyl sites for hydroxylation is 1. The number of likely N-dealkylation sites (N-methyl/N-ethyl adjacent to an activating group) is 1. The van der Waals surface area contributed by atoms with Crippen LogP contribution < -0.4 is 10.2 Å². The number of anilines is 2. The summed E-state index contributed by atoms with van der Waals surface area (Å²) in [6.07, 6.45) is 1.08. The van der Waals surface area contributed by atoms with Crippen molar-refractivity contribution in [2.45, 2.75) is 26.8 Å². The lowest BCUT2D eigenvalue weighted by atomic mass is 10.1. The first-order chi connectivity index (χ1) is 11.1. The summed E-state index contributed by atoms with van der Waals surface area (Å²) in [5.74, 6) is 0. The maximum atomic E-state index is 12.4. The van der Waals surface area contributed by atoms with Gasteiger partial charge in [-0.2, -0.15) is 0 Å². The van der Waals surface area contributed by atoms with E-state index < -0.39 is 0 Å². The Morgan fingerprint density at radius 3 is 3.00 bits per heavy atom. The SMILES string of the molecule is CCN1CCc2ccc(NC(=O)N(C)Cc3nc(C)cs3)cc21. The molecule has 0 bridgehead atoms. The topological polar surface area (TPSA) is 48.5 Å². The quantitative estimate of drug-likeness (QED) is 0.933. The fraction of sp³-hybridized carbons (Fsp3) is 0.412. The fourth-order valence-electron chi connectivity index (χ4n) is 2.82. The maximum Gasteiger partial charge on any atom is 0.321 e. The zero-order valence-electron chi connectivity index (χ0n) is 13.8. The van der Waals surface area contributed by atoms with Crippen LogP contribution in [0.1, 0.15) is 23.2 Å². The predicted molar refractivity (Wildman–Crippen MR) is 95.4 cm³/mol. The summed E-state index contributed by atoms with van der Waals surface area (Å²) in [6, 6.07) is 6.06. The van der Waals surface area contributed by atoms with Crippen LogP contribution >= 0.6 is 11.3 Å². The number of hydrogen-bond donors (Lipinski definition) is 1. The van der Waals surface area contributed by atoms with Gasteiger partial charge in [0.05, 0.1) is 6.54 Å². The Hall–Kier alpha value is -2.08. The molecule has 5 nitrogen and oxygen atoms in total. The molecule has 2 aromatic rings. The second kappa shape index (κ2) is 6.58. The Balaban J connectivity index is 1.66.